The van der Waals surface area contributed by atoms with Crippen LogP contribution >= 0.6 is 0 Å². The normalized spacial score (nSPS) is 20.5. The molecule has 0 aliphatic heterocycles. The molecule has 1 saturated carbocycles. The summed E-state index contributed by atoms with van der Waals surface area (Å²) in [5.41, 5.74) is 4.55. The molecule has 2 aromatic rings. The Balaban J connectivity index is 1.30. The Morgan fingerprint density at radius 3 is 2.28 bits per heavy atom. The molecule has 7 heteroatoms. The minimum atomic E-state index is -0.825. The summed E-state index contributed by atoms with van der Waals surface area (Å²) in [4.78, 5) is 36.1. The fourth-order valence-electron chi connectivity index (χ4n) is 4.75. The summed E-state index contributed by atoms with van der Waals surface area (Å²) in [5, 5.41) is 14.6. The number of hydrogen-bond donors (Lipinski definition) is 3. The molecule has 4 rings (SSSR count). The van der Waals surface area contributed by atoms with Gasteiger partial charge in [-0.05, 0) is 48.4 Å². The second kappa shape index (κ2) is 9.42. The Bertz CT molecular complexity index is 975. The molecular weight excluding hydrogens is 408 g/mol. The lowest BCUT2D eigenvalue weighted by molar-refractivity contribution is -0.143. The van der Waals surface area contributed by atoms with Crippen molar-refractivity contribution < 1.29 is 24.2 Å². The van der Waals surface area contributed by atoms with Gasteiger partial charge < -0.3 is 20.5 Å². The third-order valence-electron chi connectivity index (χ3n) is 6.44. The molecule has 32 heavy (non-hydrogen) atoms. The van der Waals surface area contributed by atoms with Crippen molar-refractivity contribution >= 4 is 18.0 Å². The van der Waals surface area contributed by atoms with Crippen LogP contribution in [0.2, 0.25) is 0 Å². The number of hydrogen-bond acceptors (Lipinski definition) is 4. The summed E-state index contributed by atoms with van der Waals surface area (Å²) >= 11 is 0. The van der Waals surface area contributed by atoms with Crippen LogP contribution in [0.1, 0.15) is 49.7 Å². The molecule has 0 heterocycles. The van der Waals surface area contributed by atoms with Crippen LogP contribution in [0.3, 0.4) is 0 Å². The van der Waals surface area contributed by atoms with Gasteiger partial charge in [-0.15, -0.1) is 0 Å². The largest absolute Gasteiger partial charge is 0.481 e. The summed E-state index contributed by atoms with van der Waals surface area (Å²) in [5.74, 6) is -1.64. The number of ether oxygens (including phenoxy) is 1. The molecule has 3 atom stereocenters. The Labute approximate surface area is 187 Å². The lowest BCUT2D eigenvalue weighted by atomic mass is 9.85. The molecule has 7 nitrogen and oxygen atoms in total. The molecule has 0 saturated heterocycles. The number of carboxylic acids is 1. The first-order chi connectivity index (χ1) is 15.4. The van der Waals surface area contributed by atoms with Gasteiger partial charge in [0.15, 0.2) is 0 Å². The molecule has 2 aliphatic carbocycles. The summed E-state index contributed by atoms with van der Waals surface area (Å²) in [6, 6.07) is 15.2. The van der Waals surface area contributed by atoms with Crippen molar-refractivity contribution in [1.29, 1.82) is 0 Å². The van der Waals surface area contributed by atoms with Crippen molar-refractivity contribution in [2.24, 2.45) is 5.92 Å². The van der Waals surface area contributed by atoms with E-state index in [-0.39, 0.29) is 24.5 Å². The van der Waals surface area contributed by atoms with Crippen LogP contribution in [-0.2, 0) is 14.3 Å². The van der Waals surface area contributed by atoms with E-state index in [0.29, 0.717) is 12.8 Å². The second-order valence-electron chi connectivity index (χ2n) is 8.60. The number of carbonyl (C=O) groups is 3. The van der Waals surface area contributed by atoms with Gasteiger partial charge in [0.1, 0.15) is 12.6 Å². The minimum absolute atomic E-state index is 0.0486. The Kier molecular flexibility index (Phi) is 6.44. The quantitative estimate of drug-likeness (QED) is 0.641. The highest BCUT2D eigenvalue weighted by Gasteiger charge is 2.31. The van der Waals surface area contributed by atoms with E-state index in [4.69, 9.17) is 4.74 Å². The molecule has 0 aromatic heterocycles. The molecule has 0 unspecified atom stereocenters. The first kappa shape index (κ1) is 21.9. The highest BCUT2D eigenvalue weighted by molar-refractivity contribution is 5.85. The molecule has 0 bridgehead atoms. The van der Waals surface area contributed by atoms with Gasteiger partial charge in [-0.3, -0.25) is 9.59 Å². The molecule has 168 valence electrons. The number of nitrogens with one attached hydrogen (secondary N) is 2. The fourth-order valence-corrected chi connectivity index (χ4v) is 4.75. The van der Waals surface area contributed by atoms with Crippen molar-refractivity contribution in [2.45, 2.75) is 50.6 Å². The Morgan fingerprint density at radius 1 is 1.03 bits per heavy atom. The number of benzene rings is 2. The van der Waals surface area contributed by atoms with Crippen LogP contribution in [0.25, 0.3) is 11.1 Å². The molecule has 0 spiro atoms. The number of carboxylic acid groups (broad SMARTS) is 1. The monoisotopic (exact) mass is 436 g/mol. The topological polar surface area (TPSA) is 105 Å². The zero-order chi connectivity index (χ0) is 22.7. The Morgan fingerprint density at radius 2 is 1.66 bits per heavy atom. The van der Waals surface area contributed by atoms with Gasteiger partial charge in [0.05, 0.1) is 5.92 Å². The van der Waals surface area contributed by atoms with E-state index in [1.54, 1.807) is 6.92 Å². The highest BCUT2D eigenvalue weighted by Crippen LogP contribution is 2.44. The number of alkyl carbamates (subject to hydrolysis) is 1. The zero-order valence-corrected chi connectivity index (χ0v) is 18.0. The third-order valence-corrected chi connectivity index (χ3v) is 6.44. The molecule has 1 fully saturated rings. The average molecular weight is 437 g/mol. The smallest absolute Gasteiger partial charge is 0.407 e. The maximum atomic E-state index is 12.5. The molecule has 3 N–H and O–H groups in total. The first-order valence-corrected chi connectivity index (χ1v) is 11.1. The lowest BCUT2D eigenvalue weighted by Crippen LogP contribution is -2.49. The van der Waals surface area contributed by atoms with Crippen LogP contribution < -0.4 is 10.6 Å². The number of rotatable bonds is 6. The third kappa shape index (κ3) is 4.61. The van der Waals surface area contributed by atoms with Crippen molar-refractivity contribution in [2.75, 3.05) is 6.61 Å². The first-order valence-electron chi connectivity index (χ1n) is 11.1. The van der Waals surface area contributed by atoms with Crippen LogP contribution in [0, 0.1) is 5.92 Å². The van der Waals surface area contributed by atoms with Crippen LogP contribution in [0.5, 0.6) is 0 Å². The second-order valence-corrected chi connectivity index (χ2v) is 8.60. The molecule has 0 radical (unpaired) electrons. The predicted molar refractivity (Wildman–Crippen MR) is 119 cm³/mol. The van der Waals surface area contributed by atoms with Gasteiger partial charge in [-0.1, -0.05) is 55.0 Å². The maximum Gasteiger partial charge on any atom is 0.407 e. The highest BCUT2D eigenvalue weighted by atomic mass is 16.5. The summed E-state index contributed by atoms with van der Waals surface area (Å²) in [6.07, 6.45) is 1.90. The van der Waals surface area contributed by atoms with E-state index in [0.717, 1.165) is 35.1 Å². The molecular formula is C25H28N2O5. The summed E-state index contributed by atoms with van der Waals surface area (Å²) in [7, 11) is 0. The summed E-state index contributed by atoms with van der Waals surface area (Å²) < 4.78 is 5.49. The van der Waals surface area contributed by atoms with Crippen molar-refractivity contribution in [3.8, 4) is 11.1 Å². The van der Waals surface area contributed by atoms with Crippen molar-refractivity contribution in [3.63, 3.8) is 0 Å². The number of fused-ring (bicyclic) bond motifs is 3. The van der Waals surface area contributed by atoms with Gasteiger partial charge >= 0.3 is 12.1 Å². The van der Waals surface area contributed by atoms with E-state index in [1.165, 1.54) is 0 Å². The van der Waals surface area contributed by atoms with Gasteiger partial charge in [0.2, 0.25) is 5.91 Å². The predicted octanol–water partition coefficient (Wildman–Crippen LogP) is 3.67. The standard InChI is InChI=1S/C25H28N2O5/c1-15(23(28)27-17-8-6-7-16(13-17)24(29)30)26-25(31)32-14-22-20-11-4-2-9-18(20)19-10-3-5-12-21(19)22/h2-5,9-12,15-17,22H,6-8,13-14H2,1H3,(H,26,31)(H,27,28)(H,29,30)/t15-,16+,17-/m0/s1. The van der Waals surface area contributed by atoms with Gasteiger partial charge in [-0.2, -0.15) is 0 Å². The van der Waals surface area contributed by atoms with Crippen molar-refractivity contribution in [1.82, 2.24) is 10.6 Å². The lowest BCUT2D eigenvalue weighted by Gasteiger charge is -2.28. The van der Waals surface area contributed by atoms with Gasteiger partial charge in [0, 0.05) is 12.0 Å². The van der Waals surface area contributed by atoms with Crippen LogP contribution in [-0.4, -0.2) is 41.8 Å². The average Bonchev–Trinajstić information content (AvgIpc) is 3.11. The minimum Gasteiger partial charge on any atom is -0.481 e. The fraction of sp³-hybridized carbons (Fsp3) is 0.400. The van der Waals surface area contributed by atoms with E-state index < -0.39 is 24.0 Å². The van der Waals surface area contributed by atoms with Crippen LogP contribution in [0.15, 0.2) is 48.5 Å². The van der Waals surface area contributed by atoms with E-state index in [9.17, 15) is 19.5 Å². The Hall–Kier alpha value is -3.35. The van der Waals surface area contributed by atoms with Crippen molar-refractivity contribution in [3.05, 3.63) is 59.7 Å². The SMILES string of the molecule is C[C@H](NC(=O)OCC1c2ccccc2-c2ccccc21)C(=O)N[C@H]1CCC[C@@H](C(=O)O)C1. The number of aliphatic carboxylic acids is 1. The van der Waals surface area contributed by atoms with Crippen LogP contribution in [0.4, 0.5) is 4.79 Å². The number of carbonyl (C=O) groups excluding carboxylic acids is 2. The van der Waals surface area contributed by atoms with Gasteiger partial charge in [-0.25, -0.2) is 4.79 Å². The van der Waals surface area contributed by atoms with Gasteiger partial charge in [0.25, 0.3) is 0 Å². The molecule has 2 aliphatic rings. The maximum absolute atomic E-state index is 12.5. The molecule has 2 aromatic carbocycles. The van der Waals surface area contributed by atoms with E-state index >= 15 is 0 Å². The molecule has 2 amide bonds. The summed E-state index contributed by atoms with van der Waals surface area (Å²) in [6.45, 7) is 1.77. The zero-order valence-electron chi connectivity index (χ0n) is 18.0. The van der Waals surface area contributed by atoms with E-state index in [2.05, 4.69) is 22.8 Å². The van der Waals surface area contributed by atoms with E-state index in [1.807, 2.05) is 36.4 Å². The number of amides is 2.